The number of amides is 4. The highest BCUT2D eigenvalue weighted by Gasteiger charge is 2.41. The molecule has 4 amide bonds. The first-order valence-corrected chi connectivity index (χ1v) is 10.8. The van der Waals surface area contributed by atoms with Crippen molar-refractivity contribution < 1.29 is 29.0 Å². The van der Waals surface area contributed by atoms with E-state index < -0.39 is 29.7 Å². The van der Waals surface area contributed by atoms with Crippen LogP contribution >= 0.6 is 0 Å². The van der Waals surface area contributed by atoms with E-state index in [0.717, 1.165) is 9.80 Å². The van der Waals surface area contributed by atoms with Crippen LogP contribution in [0.2, 0.25) is 0 Å². The van der Waals surface area contributed by atoms with Gasteiger partial charge < -0.3 is 9.84 Å². The highest BCUT2D eigenvalue weighted by atomic mass is 16.5. The molecule has 0 aliphatic carbocycles. The van der Waals surface area contributed by atoms with E-state index >= 15 is 0 Å². The van der Waals surface area contributed by atoms with E-state index in [9.17, 15) is 24.3 Å². The highest BCUT2D eigenvalue weighted by Crippen LogP contribution is 2.38. The van der Waals surface area contributed by atoms with E-state index in [1.54, 1.807) is 0 Å². The van der Waals surface area contributed by atoms with Crippen LogP contribution in [0.5, 0.6) is 0 Å². The van der Waals surface area contributed by atoms with Crippen LogP contribution in [-0.4, -0.2) is 70.9 Å². The number of aliphatic hydroxyl groups is 1. The first-order valence-electron chi connectivity index (χ1n) is 10.8. The number of benzene rings is 2. The summed E-state index contributed by atoms with van der Waals surface area (Å²) in [6, 6.07) is 5.49. The van der Waals surface area contributed by atoms with Crippen molar-refractivity contribution >= 4 is 34.4 Å². The molecule has 0 bridgehead atoms. The van der Waals surface area contributed by atoms with Crippen molar-refractivity contribution in [3.8, 4) is 0 Å². The van der Waals surface area contributed by atoms with Gasteiger partial charge in [-0.2, -0.15) is 0 Å². The third kappa shape index (κ3) is 3.30. The van der Waals surface area contributed by atoms with Gasteiger partial charge in [0.1, 0.15) is 0 Å². The van der Waals surface area contributed by atoms with E-state index in [2.05, 4.69) is 0 Å². The summed E-state index contributed by atoms with van der Waals surface area (Å²) in [5, 5.41) is 10.5. The van der Waals surface area contributed by atoms with Gasteiger partial charge in [0.15, 0.2) is 0 Å². The minimum absolute atomic E-state index is 0.120. The molecule has 4 rings (SSSR count). The van der Waals surface area contributed by atoms with Crippen molar-refractivity contribution in [2.45, 2.75) is 33.2 Å². The number of carbonyl (C=O) groups is 4. The first kappa shape index (κ1) is 22.1. The molecule has 0 aromatic heterocycles. The maximum absolute atomic E-state index is 13.3. The molecule has 0 fully saturated rings. The monoisotopic (exact) mass is 438 g/mol. The van der Waals surface area contributed by atoms with Gasteiger partial charge in [-0.15, -0.1) is 0 Å². The zero-order chi connectivity index (χ0) is 23.2. The average molecular weight is 438 g/mol. The topological polar surface area (TPSA) is 104 Å². The van der Waals surface area contributed by atoms with E-state index in [4.69, 9.17) is 4.74 Å². The number of ether oxygens (including phenoxy) is 1. The second kappa shape index (κ2) is 8.44. The Balaban J connectivity index is 1.84. The van der Waals surface area contributed by atoms with Gasteiger partial charge in [-0.3, -0.25) is 29.0 Å². The fourth-order valence-corrected chi connectivity index (χ4v) is 4.58. The lowest BCUT2D eigenvalue weighted by atomic mass is 9.85. The molecular formula is C24H26N2O6. The van der Waals surface area contributed by atoms with Gasteiger partial charge in [0.05, 0.1) is 25.8 Å². The van der Waals surface area contributed by atoms with Crippen LogP contribution in [-0.2, 0) is 4.74 Å². The smallest absolute Gasteiger partial charge is 0.261 e. The summed E-state index contributed by atoms with van der Waals surface area (Å²) in [6.45, 7) is 6.22. The number of hydrogen-bond donors (Lipinski definition) is 1. The molecule has 32 heavy (non-hydrogen) atoms. The van der Waals surface area contributed by atoms with Gasteiger partial charge in [-0.1, -0.05) is 13.8 Å². The molecule has 2 aliphatic rings. The van der Waals surface area contributed by atoms with E-state index in [0.29, 0.717) is 23.8 Å². The molecule has 0 saturated heterocycles. The average Bonchev–Trinajstić information content (AvgIpc) is 2.77. The van der Waals surface area contributed by atoms with Crippen LogP contribution in [0.15, 0.2) is 24.3 Å². The Hall–Kier alpha value is -3.10. The molecule has 8 nitrogen and oxygen atoms in total. The molecule has 1 atom stereocenters. The minimum Gasteiger partial charge on any atom is -0.394 e. The molecular weight excluding hydrogens is 412 g/mol. The van der Waals surface area contributed by atoms with Crippen molar-refractivity contribution in [1.29, 1.82) is 0 Å². The third-order valence-electron chi connectivity index (χ3n) is 5.99. The second-order valence-electron chi connectivity index (χ2n) is 8.48. The predicted molar refractivity (Wildman–Crippen MR) is 117 cm³/mol. The summed E-state index contributed by atoms with van der Waals surface area (Å²) in [5.41, 5.74) is 1.08. The van der Waals surface area contributed by atoms with Crippen LogP contribution in [0.4, 0.5) is 0 Å². The Morgan fingerprint density at radius 1 is 0.844 bits per heavy atom. The van der Waals surface area contributed by atoms with E-state index in [1.807, 2.05) is 20.8 Å². The number of aliphatic hydroxyl groups excluding tert-OH is 1. The summed E-state index contributed by atoms with van der Waals surface area (Å²) in [4.78, 5) is 55.0. The Labute approximate surface area is 185 Å². The van der Waals surface area contributed by atoms with Crippen LogP contribution in [0, 0.1) is 5.92 Å². The number of imide groups is 2. The van der Waals surface area contributed by atoms with Crippen molar-refractivity contribution in [3.63, 3.8) is 0 Å². The number of carbonyl (C=O) groups excluding carboxylic acids is 4. The lowest BCUT2D eigenvalue weighted by Gasteiger charge is -2.35. The second-order valence-corrected chi connectivity index (χ2v) is 8.48. The van der Waals surface area contributed by atoms with Crippen molar-refractivity contribution in [3.05, 3.63) is 46.5 Å². The molecule has 1 unspecified atom stereocenters. The van der Waals surface area contributed by atoms with Gasteiger partial charge in [-0.25, -0.2) is 0 Å². The maximum atomic E-state index is 13.3. The molecule has 2 aromatic carbocycles. The predicted octanol–water partition coefficient (Wildman–Crippen LogP) is 2.48. The largest absolute Gasteiger partial charge is 0.394 e. The normalized spacial score (nSPS) is 16.5. The fraction of sp³-hybridized carbons (Fsp3) is 0.417. The van der Waals surface area contributed by atoms with Crippen molar-refractivity contribution in [1.82, 2.24) is 9.80 Å². The Morgan fingerprint density at radius 3 is 1.72 bits per heavy atom. The number of rotatable bonds is 8. The lowest BCUT2D eigenvalue weighted by Crippen LogP contribution is -2.49. The standard InChI is InChI=1S/C24H26N2O6/c1-4-32-10-9-25-21(28)15-5-7-17-20-18(8-6-16(19(15)20)22(25)29)24(31)26(23(17)30)14(12-27)11-13(2)3/h5-8,13-14,27H,4,9-12H2,1-3H3. The maximum Gasteiger partial charge on any atom is 0.261 e. The van der Waals surface area contributed by atoms with Crippen LogP contribution in [0.1, 0.15) is 68.6 Å². The zero-order valence-corrected chi connectivity index (χ0v) is 18.4. The van der Waals surface area contributed by atoms with E-state index in [-0.39, 0.29) is 47.9 Å². The Bertz CT molecular complexity index is 1070. The lowest BCUT2D eigenvalue weighted by molar-refractivity contribution is 0.0441. The molecule has 1 N–H and O–H groups in total. The quantitative estimate of drug-likeness (QED) is 0.502. The molecule has 2 aliphatic heterocycles. The summed E-state index contributed by atoms with van der Waals surface area (Å²) in [6.07, 6.45) is 0.467. The number of hydrogen-bond acceptors (Lipinski definition) is 6. The minimum atomic E-state index is -0.650. The Morgan fingerprint density at radius 2 is 1.31 bits per heavy atom. The SMILES string of the molecule is CCOCCN1C(=O)c2ccc3c4c(ccc(c24)C1=O)C(=O)N(C(CO)CC(C)C)C3=O. The van der Waals surface area contributed by atoms with Gasteiger partial charge in [-0.05, 0) is 43.5 Å². The zero-order valence-electron chi connectivity index (χ0n) is 18.4. The summed E-state index contributed by atoms with van der Waals surface area (Å²) in [5.74, 6) is -1.82. The summed E-state index contributed by atoms with van der Waals surface area (Å²) < 4.78 is 5.30. The van der Waals surface area contributed by atoms with Gasteiger partial charge >= 0.3 is 0 Å². The highest BCUT2D eigenvalue weighted by molar-refractivity contribution is 6.33. The van der Waals surface area contributed by atoms with Crippen LogP contribution in [0.25, 0.3) is 10.8 Å². The van der Waals surface area contributed by atoms with Crippen molar-refractivity contribution in [2.24, 2.45) is 5.92 Å². The number of nitrogens with zero attached hydrogens (tertiary/aromatic N) is 2. The first-order chi connectivity index (χ1) is 15.3. The fourth-order valence-electron chi connectivity index (χ4n) is 4.58. The van der Waals surface area contributed by atoms with Gasteiger partial charge in [0.25, 0.3) is 23.6 Å². The molecule has 2 aromatic rings. The van der Waals surface area contributed by atoms with Crippen LogP contribution in [0.3, 0.4) is 0 Å². The van der Waals surface area contributed by atoms with Gasteiger partial charge in [0, 0.05) is 39.6 Å². The van der Waals surface area contributed by atoms with E-state index in [1.165, 1.54) is 24.3 Å². The Kier molecular flexibility index (Phi) is 5.83. The molecule has 0 spiro atoms. The summed E-state index contributed by atoms with van der Waals surface area (Å²) in [7, 11) is 0. The third-order valence-corrected chi connectivity index (χ3v) is 5.99. The molecule has 8 heteroatoms. The molecule has 0 saturated carbocycles. The van der Waals surface area contributed by atoms with Crippen molar-refractivity contribution in [2.75, 3.05) is 26.4 Å². The van der Waals surface area contributed by atoms with Gasteiger partial charge in [0.2, 0.25) is 0 Å². The molecule has 0 radical (unpaired) electrons. The van der Waals surface area contributed by atoms with Crippen LogP contribution < -0.4 is 0 Å². The summed E-state index contributed by atoms with van der Waals surface area (Å²) >= 11 is 0. The molecule has 168 valence electrons. The molecule has 2 heterocycles.